The van der Waals surface area contributed by atoms with Crippen LogP contribution in [-0.4, -0.2) is 18.2 Å². The molecule has 22 heavy (non-hydrogen) atoms. The Morgan fingerprint density at radius 3 is 2.41 bits per heavy atom. The third-order valence-electron chi connectivity index (χ3n) is 4.07. The van der Waals surface area contributed by atoms with Crippen LogP contribution in [0.15, 0.2) is 29.8 Å². The number of ketones is 1. The van der Waals surface area contributed by atoms with E-state index in [-0.39, 0.29) is 11.7 Å². The minimum Gasteiger partial charge on any atom is -0.352 e. The molecule has 1 aliphatic rings. The zero-order valence-corrected chi connectivity index (χ0v) is 13.6. The van der Waals surface area contributed by atoms with Crippen LogP contribution in [0, 0.1) is 0 Å². The summed E-state index contributed by atoms with van der Waals surface area (Å²) < 4.78 is 0. The minimum atomic E-state index is -0.214. The second-order valence-corrected chi connectivity index (χ2v) is 5.79. The number of carbonyl (C=O) groups excluding carboxylic acids is 2. The molecular weight excluding hydrogens is 274 g/mol. The highest BCUT2D eigenvalue weighted by Gasteiger charge is 2.32. The van der Waals surface area contributed by atoms with E-state index in [2.05, 4.69) is 12.2 Å². The van der Waals surface area contributed by atoms with Crippen molar-refractivity contribution in [1.29, 1.82) is 0 Å². The van der Waals surface area contributed by atoms with Crippen LogP contribution in [-0.2, 0) is 4.79 Å². The molecule has 0 radical (unpaired) electrons. The van der Waals surface area contributed by atoms with Crippen molar-refractivity contribution in [2.24, 2.45) is 0 Å². The average molecular weight is 299 g/mol. The Kier molecular flexibility index (Phi) is 5.93. The van der Waals surface area contributed by atoms with Crippen LogP contribution in [0.5, 0.6) is 0 Å². The van der Waals surface area contributed by atoms with Crippen LogP contribution in [0.4, 0.5) is 0 Å². The zero-order valence-electron chi connectivity index (χ0n) is 13.6. The third-order valence-corrected chi connectivity index (χ3v) is 4.07. The molecule has 0 atom stereocenters. The van der Waals surface area contributed by atoms with Crippen LogP contribution in [0.1, 0.15) is 68.3 Å². The van der Waals surface area contributed by atoms with Gasteiger partial charge < -0.3 is 5.32 Å². The summed E-state index contributed by atoms with van der Waals surface area (Å²) in [5, 5.41) is 2.85. The molecule has 118 valence electrons. The molecule has 1 N–H and O–H groups in total. The summed E-state index contributed by atoms with van der Waals surface area (Å²) in [5.74, 6) is -0.330. The van der Waals surface area contributed by atoms with Gasteiger partial charge in [-0.05, 0) is 30.4 Å². The Morgan fingerprint density at radius 1 is 1.00 bits per heavy atom. The highest BCUT2D eigenvalue weighted by atomic mass is 16.2. The number of hydrogen-bond acceptors (Lipinski definition) is 2. The molecule has 0 aliphatic heterocycles. The van der Waals surface area contributed by atoms with Crippen molar-refractivity contribution in [3.8, 4) is 0 Å². The van der Waals surface area contributed by atoms with Gasteiger partial charge in [-0.2, -0.15) is 0 Å². The predicted molar refractivity (Wildman–Crippen MR) is 89.8 cm³/mol. The van der Waals surface area contributed by atoms with Crippen LogP contribution in [0.3, 0.4) is 0 Å². The second-order valence-electron chi connectivity index (χ2n) is 5.79. The van der Waals surface area contributed by atoms with Gasteiger partial charge in [-0.15, -0.1) is 0 Å². The summed E-state index contributed by atoms with van der Waals surface area (Å²) >= 11 is 0. The number of unbranched alkanes of at least 4 members (excludes halogenated alkanes) is 3. The maximum absolute atomic E-state index is 12.6. The first kappa shape index (κ1) is 16.5. The maximum atomic E-state index is 12.6. The molecule has 0 fully saturated rings. The number of rotatable bonds is 8. The molecule has 1 aliphatic carbocycles. The molecular formula is C19H25NO2. The smallest absolute Gasteiger partial charge is 0.255 e. The quantitative estimate of drug-likeness (QED) is 0.579. The molecule has 0 aromatic heterocycles. The van der Waals surface area contributed by atoms with E-state index in [4.69, 9.17) is 0 Å². The number of Topliss-reactive ketones (excluding diaryl/α,β-unsaturated/α-hetero) is 1. The van der Waals surface area contributed by atoms with Gasteiger partial charge in [-0.3, -0.25) is 9.59 Å². The Morgan fingerprint density at radius 2 is 1.73 bits per heavy atom. The molecule has 3 nitrogen and oxygen atoms in total. The van der Waals surface area contributed by atoms with E-state index in [1.54, 1.807) is 0 Å². The van der Waals surface area contributed by atoms with Crippen molar-refractivity contribution in [3.63, 3.8) is 0 Å². The fourth-order valence-corrected chi connectivity index (χ4v) is 2.91. The Labute approximate surface area is 132 Å². The summed E-state index contributed by atoms with van der Waals surface area (Å²) in [6, 6.07) is 7.58. The van der Waals surface area contributed by atoms with E-state index in [9.17, 15) is 9.59 Å². The molecule has 0 heterocycles. The SMILES string of the molecule is CCCCCCC1=C(C(=O)NCCC)C(=O)c2ccccc21. The minimum absolute atomic E-state index is 0.116. The van der Waals surface area contributed by atoms with E-state index in [0.717, 1.165) is 36.8 Å². The Bertz CT molecular complexity index is 587. The number of nitrogens with one attached hydrogen (secondary N) is 1. The van der Waals surface area contributed by atoms with E-state index in [1.807, 2.05) is 31.2 Å². The molecule has 0 spiro atoms. The van der Waals surface area contributed by atoms with Crippen molar-refractivity contribution in [2.75, 3.05) is 6.54 Å². The lowest BCUT2D eigenvalue weighted by atomic mass is 9.98. The summed E-state index contributed by atoms with van der Waals surface area (Å²) in [4.78, 5) is 25.0. The fraction of sp³-hybridized carbons (Fsp3) is 0.474. The van der Waals surface area contributed by atoms with Gasteiger partial charge in [0.25, 0.3) is 5.91 Å². The summed E-state index contributed by atoms with van der Waals surface area (Å²) in [6.07, 6.45) is 6.21. The van der Waals surface area contributed by atoms with Gasteiger partial charge in [-0.1, -0.05) is 57.4 Å². The van der Waals surface area contributed by atoms with Crippen molar-refractivity contribution in [2.45, 2.75) is 52.4 Å². The highest BCUT2D eigenvalue weighted by molar-refractivity contribution is 6.34. The molecule has 3 heteroatoms. The number of fused-ring (bicyclic) bond motifs is 1. The van der Waals surface area contributed by atoms with E-state index < -0.39 is 0 Å². The number of carbonyl (C=O) groups is 2. The van der Waals surface area contributed by atoms with Gasteiger partial charge in [0.05, 0.1) is 5.57 Å². The molecule has 1 aromatic rings. The summed E-state index contributed by atoms with van der Waals surface area (Å²) in [5.41, 5.74) is 2.93. The summed E-state index contributed by atoms with van der Waals surface area (Å²) in [7, 11) is 0. The van der Waals surface area contributed by atoms with E-state index in [0.29, 0.717) is 17.7 Å². The predicted octanol–water partition coefficient (Wildman–Crippen LogP) is 4.13. The normalized spacial score (nSPS) is 13.5. The standard InChI is InChI=1S/C19H25NO2/c1-3-5-6-7-11-15-14-10-8-9-12-16(14)18(21)17(15)19(22)20-13-4-2/h8-10,12H,3-7,11,13H2,1-2H3,(H,20,22). The molecule has 1 amide bonds. The first-order chi connectivity index (χ1) is 10.7. The highest BCUT2D eigenvalue weighted by Crippen LogP contribution is 2.36. The first-order valence-electron chi connectivity index (χ1n) is 8.36. The van der Waals surface area contributed by atoms with Crippen LogP contribution in [0.2, 0.25) is 0 Å². The van der Waals surface area contributed by atoms with Gasteiger partial charge in [0.15, 0.2) is 5.78 Å². The lowest BCUT2D eigenvalue weighted by Gasteiger charge is -2.08. The van der Waals surface area contributed by atoms with Crippen LogP contribution in [0.25, 0.3) is 5.57 Å². The molecule has 2 rings (SSSR count). The molecule has 0 saturated carbocycles. The van der Waals surface area contributed by atoms with Crippen LogP contribution < -0.4 is 5.32 Å². The number of hydrogen-bond donors (Lipinski definition) is 1. The number of allylic oxidation sites excluding steroid dienone is 1. The van der Waals surface area contributed by atoms with Crippen molar-refractivity contribution < 1.29 is 9.59 Å². The summed E-state index contributed by atoms with van der Waals surface area (Å²) in [6.45, 7) is 4.79. The Hall–Kier alpha value is -1.90. The van der Waals surface area contributed by atoms with Gasteiger partial charge in [0, 0.05) is 12.1 Å². The van der Waals surface area contributed by atoms with Crippen LogP contribution >= 0.6 is 0 Å². The first-order valence-corrected chi connectivity index (χ1v) is 8.36. The van der Waals surface area contributed by atoms with Crippen molar-refractivity contribution in [3.05, 3.63) is 41.0 Å². The molecule has 0 saturated heterocycles. The van der Waals surface area contributed by atoms with Crippen molar-refractivity contribution >= 4 is 17.3 Å². The second kappa shape index (κ2) is 7.92. The number of benzene rings is 1. The van der Waals surface area contributed by atoms with E-state index >= 15 is 0 Å². The fourth-order valence-electron chi connectivity index (χ4n) is 2.91. The zero-order chi connectivity index (χ0) is 15.9. The van der Waals surface area contributed by atoms with Gasteiger partial charge >= 0.3 is 0 Å². The molecule has 0 bridgehead atoms. The third kappa shape index (κ3) is 3.46. The Balaban J connectivity index is 2.26. The average Bonchev–Trinajstić information content (AvgIpc) is 2.82. The van der Waals surface area contributed by atoms with Crippen molar-refractivity contribution in [1.82, 2.24) is 5.32 Å². The topological polar surface area (TPSA) is 46.2 Å². The van der Waals surface area contributed by atoms with Gasteiger partial charge in [0.1, 0.15) is 0 Å². The molecule has 1 aromatic carbocycles. The number of amides is 1. The molecule has 0 unspecified atom stereocenters. The van der Waals surface area contributed by atoms with Gasteiger partial charge in [0.2, 0.25) is 0 Å². The monoisotopic (exact) mass is 299 g/mol. The maximum Gasteiger partial charge on any atom is 0.255 e. The lowest BCUT2D eigenvalue weighted by Crippen LogP contribution is -2.28. The largest absolute Gasteiger partial charge is 0.352 e. The van der Waals surface area contributed by atoms with E-state index in [1.165, 1.54) is 12.8 Å². The van der Waals surface area contributed by atoms with Gasteiger partial charge in [-0.25, -0.2) is 0 Å². The lowest BCUT2D eigenvalue weighted by molar-refractivity contribution is -0.117.